The number of Topliss-reactive ketones (excluding diaryl/α,β-unsaturated/α-hetero) is 1. The molecule has 1 unspecified atom stereocenters. The number of imidazole rings is 1. The van der Waals surface area contributed by atoms with Gasteiger partial charge in [0.25, 0.3) is 0 Å². The van der Waals surface area contributed by atoms with Crippen LogP contribution < -0.4 is 0 Å². The van der Waals surface area contributed by atoms with Gasteiger partial charge in [-0.3, -0.25) is 4.79 Å². The number of hydrogen-bond donors (Lipinski definition) is 0. The van der Waals surface area contributed by atoms with Gasteiger partial charge in [0.1, 0.15) is 5.69 Å². The summed E-state index contributed by atoms with van der Waals surface area (Å²) in [5.41, 5.74) is 0.829. The predicted molar refractivity (Wildman–Crippen MR) is 54.1 cm³/mol. The monoisotopic (exact) mass is 192 g/mol. The largest absolute Gasteiger partial charge is 0.337 e. The Morgan fingerprint density at radius 3 is 2.79 bits per heavy atom. The third-order valence-electron chi connectivity index (χ3n) is 3.08. The summed E-state index contributed by atoms with van der Waals surface area (Å²) < 4.78 is 1.93. The highest BCUT2D eigenvalue weighted by molar-refractivity contribution is 5.98. The summed E-state index contributed by atoms with van der Waals surface area (Å²) >= 11 is 0. The quantitative estimate of drug-likeness (QED) is 0.688. The van der Waals surface area contributed by atoms with E-state index < -0.39 is 0 Å². The van der Waals surface area contributed by atoms with E-state index in [1.807, 2.05) is 17.7 Å². The summed E-state index contributed by atoms with van der Waals surface area (Å²) in [5.74, 6) is 0.407. The van der Waals surface area contributed by atoms with Crippen molar-refractivity contribution >= 4 is 5.78 Å². The first kappa shape index (κ1) is 9.44. The minimum absolute atomic E-state index is 0.197. The summed E-state index contributed by atoms with van der Waals surface area (Å²) in [6.45, 7) is 7.17. The van der Waals surface area contributed by atoms with E-state index in [9.17, 15) is 4.79 Å². The number of ketones is 1. The number of nitrogens with zero attached hydrogens (tertiary/aromatic N) is 2. The molecule has 0 radical (unpaired) electrons. The summed E-state index contributed by atoms with van der Waals surface area (Å²) in [6.07, 6.45) is 4.57. The van der Waals surface area contributed by atoms with Gasteiger partial charge in [0.05, 0.1) is 6.33 Å². The molecule has 14 heavy (non-hydrogen) atoms. The topological polar surface area (TPSA) is 34.9 Å². The fourth-order valence-electron chi connectivity index (χ4n) is 1.75. The third-order valence-corrected chi connectivity index (χ3v) is 3.08. The Kier molecular flexibility index (Phi) is 1.98. The van der Waals surface area contributed by atoms with Crippen LogP contribution in [0, 0.1) is 11.3 Å². The van der Waals surface area contributed by atoms with E-state index in [-0.39, 0.29) is 17.1 Å². The maximum atomic E-state index is 11.9. The van der Waals surface area contributed by atoms with Crippen molar-refractivity contribution in [3.63, 3.8) is 0 Å². The highest BCUT2D eigenvalue weighted by Gasteiger charge is 2.51. The number of rotatable bonds is 3. The summed E-state index contributed by atoms with van der Waals surface area (Å²) in [6, 6.07) is 0. The van der Waals surface area contributed by atoms with E-state index in [4.69, 9.17) is 0 Å². The van der Waals surface area contributed by atoms with Crippen molar-refractivity contribution in [3.05, 3.63) is 18.2 Å². The second-order valence-electron chi connectivity index (χ2n) is 4.70. The molecule has 3 heteroatoms. The van der Waals surface area contributed by atoms with Gasteiger partial charge in [-0.1, -0.05) is 13.8 Å². The van der Waals surface area contributed by atoms with Crippen LogP contribution in [0.5, 0.6) is 0 Å². The van der Waals surface area contributed by atoms with E-state index in [2.05, 4.69) is 18.8 Å². The van der Waals surface area contributed by atoms with Crippen LogP contribution in [0.3, 0.4) is 0 Å². The van der Waals surface area contributed by atoms with Gasteiger partial charge < -0.3 is 4.57 Å². The van der Waals surface area contributed by atoms with Crippen LogP contribution in [0.2, 0.25) is 0 Å². The normalized spacial score (nSPS) is 23.5. The first-order chi connectivity index (χ1) is 6.54. The van der Waals surface area contributed by atoms with Gasteiger partial charge in [-0.25, -0.2) is 4.98 Å². The van der Waals surface area contributed by atoms with Crippen LogP contribution in [0.4, 0.5) is 0 Å². The number of carbonyl (C=O) groups is 1. The maximum Gasteiger partial charge on any atom is 0.186 e. The number of aromatic nitrogens is 2. The molecule has 0 saturated heterocycles. The number of aryl methyl sites for hydroxylation is 1. The minimum Gasteiger partial charge on any atom is -0.337 e. The molecule has 0 amide bonds. The van der Waals surface area contributed by atoms with Gasteiger partial charge in [-0.2, -0.15) is 0 Å². The van der Waals surface area contributed by atoms with Crippen LogP contribution in [0.15, 0.2) is 12.5 Å². The van der Waals surface area contributed by atoms with Crippen molar-refractivity contribution < 1.29 is 4.79 Å². The zero-order valence-electron chi connectivity index (χ0n) is 8.95. The molecule has 0 bridgehead atoms. The Labute approximate surface area is 84.1 Å². The lowest BCUT2D eigenvalue weighted by molar-refractivity contribution is 0.0948. The van der Waals surface area contributed by atoms with Gasteiger partial charge >= 0.3 is 0 Å². The molecule has 1 atom stereocenters. The van der Waals surface area contributed by atoms with Gasteiger partial charge in [0.15, 0.2) is 5.78 Å². The first-order valence-electron chi connectivity index (χ1n) is 5.10. The lowest BCUT2D eigenvalue weighted by atomic mass is 10.1. The lowest BCUT2D eigenvalue weighted by Gasteiger charge is -1.99. The molecule has 1 aliphatic rings. The van der Waals surface area contributed by atoms with Gasteiger partial charge in [-0.15, -0.1) is 0 Å². The molecule has 76 valence electrons. The molecule has 1 aliphatic carbocycles. The Bertz CT molecular complexity index is 365. The maximum absolute atomic E-state index is 11.9. The van der Waals surface area contributed by atoms with Crippen molar-refractivity contribution in [2.24, 2.45) is 11.3 Å². The fraction of sp³-hybridized carbons (Fsp3) is 0.636. The molecule has 1 aromatic rings. The van der Waals surface area contributed by atoms with Crippen molar-refractivity contribution in [2.45, 2.75) is 33.7 Å². The van der Waals surface area contributed by atoms with E-state index in [0.717, 1.165) is 13.0 Å². The number of hydrogen-bond acceptors (Lipinski definition) is 2. The standard InChI is InChI=1S/C11H16N2O/c1-4-13-6-9(12-7-13)10(14)8-5-11(8,2)3/h6-8H,4-5H2,1-3H3. The fourth-order valence-corrected chi connectivity index (χ4v) is 1.75. The van der Waals surface area contributed by atoms with Crippen molar-refractivity contribution in [1.29, 1.82) is 0 Å². The lowest BCUT2D eigenvalue weighted by Crippen LogP contribution is -2.06. The van der Waals surface area contributed by atoms with E-state index >= 15 is 0 Å². The minimum atomic E-state index is 0.197. The Morgan fingerprint density at radius 1 is 1.71 bits per heavy atom. The second kappa shape index (κ2) is 2.94. The van der Waals surface area contributed by atoms with Crippen LogP contribution in [0.1, 0.15) is 37.7 Å². The van der Waals surface area contributed by atoms with Gasteiger partial charge in [0.2, 0.25) is 0 Å². The van der Waals surface area contributed by atoms with E-state index in [0.29, 0.717) is 5.69 Å². The molecule has 3 nitrogen and oxygen atoms in total. The zero-order chi connectivity index (χ0) is 10.3. The first-order valence-corrected chi connectivity index (χ1v) is 5.10. The summed E-state index contributed by atoms with van der Waals surface area (Å²) in [5, 5.41) is 0. The molecule has 1 aromatic heterocycles. The highest BCUT2D eigenvalue weighted by atomic mass is 16.1. The molecule has 0 aromatic carbocycles. The highest BCUT2D eigenvalue weighted by Crippen LogP contribution is 2.52. The second-order valence-corrected chi connectivity index (χ2v) is 4.70. The SMILES string of the molecule is CCn1cnc(C(=O)C2CC2(C)C)c1. The molecule has 2 rings (SSSR count). The summed E-state index contributed by atoms with van der Waals surface area (Å²) in [4.78, 5) is 16.0. The van der Waals surface area contributed by atoms with Crippen LogP contribution in [-0.2, 0) is 6.54 Å². The predicted octanol–water partition coefficient (Wildman–Crippen LogP) is 2.13. The molecule has 0 N–H and O–H groups in total. The Balaban J connectivity index is 2.13. The molecule has 0 spiro atoms. The smallest absolute Gasteiger partial charge is 0.186 e. The van der Waals surface area contributed by atoms with E-state index in [1.54, 1.807) is 6.33 Å². The molecule has 0 aliphatic heterocycles. The Hall–Kier alpha value is -1.12. The van der Waals surface area contributed by atoms with Gasteiger partial charge in [-0.05, 0) is 18.8 Å². The van der Waals surface area contributed by atoms with Crippen molar-refractivity contribution in [2.75, 3.05) is 0 Å². The third kappa shape index (κ3) is 1.47. The molecule has 1 fully saturated rings. The zero-order valence-corrected chi connectivity index (χ0v) is 8.95. The average Bonchev–Trinajstić information content (AvgIpc) is 2.64. The molecular formula is C11H16N2O. The van der Waals surface area contributed by atoms with Crippen molar-refractivity contribution in [3.8, 4) is 0 Å². The van der Waals surface area contributed by atoms with Gasteiger partial charge in [0, 0.05) is 18.7 Å². The molecule has 1 heterocycles. The number of carbonyl (C=O) groups excluding carboxylic acids is 1. The van der Waals surface area contributed by atoms with E-state index in [1.165, 1.54) is 0 Å². The molecular weight excluding hydrogens is 176 g/mol. The summed E-state index contributed by atoms with van der Waals surface area (Å²) in [7, 11) is 0. The van der Waals surface area contributed by atoms with Crippen LogP contribution >= 0.6 is 0 Å². The van der Waals surface area contributed by atoms with Crippen LogP contribution in [0.25, 0.3) is 0 Å². The van der Waals surface area contributed by atoms with Crippen LogP contribution in [-0.4, -0.2) is 15.3 Å². The average molecular weight is 192 g/mol. The van der Waals surface area contributed by atoms with Crippen molar-refractivity contribution in [1.82, 2.24) is 9.55 Å². The molecule has 1 saturated carbocycles. The Morgan fingerprint density at radius 2 is 2.36 bits per heavy atom.